The summed E-state index contributed by atoms with van der Waals surface area (Å²) in [5.41, 5.74) is 0. The molecule has 0 rings (SSSR count). The fourth-order valence-corrected chi connectivity index (χ4v) is 0.828. The van der Waals surface area contributed by atoms with Gasteiger partial charge in [0.1, 0.15) is 6.04 Å². The number of halogens is 2. The third kappa shape index (κ3) is 4.20. The molecule has 0 aliphatic heterocycles. The zero-order valence-electron chi connectivity index (χ0n) is 8.42. The average molecular weight is 225 g/mol. The van der Waals surface area contributed by atoms with Gasteiger partial charge in [-0.1, -0.05) is 6.92 Å². The van der Waals surface area contributed by atoms with Crippen LogP contribution in [-0.4, -0.2) is 35.7 Å². The van der Waals surface area contributed by atoms with Gasteiger partial charge >= 0.3 is 18.0 Å². The van der Waals surface area contributed by atoms with E-state index in [1.165, 1.54) is 13.8 Å². The lowest BCUT2D eigenvalue weighted by molar-refractivity contribution is -0.229. The number of hydrogen-bond acceptors (Lipinski definition) is 3. The van der Waals surface area contributed by atoms with Crippen molar-refractivity contribution in [3.63, 3.8) is 0 Å². The second-order valence-electron chi connectivity index (χ2n) is 2.72. The Hall–Kier alpha value is -1.24. The molecule has 0 aromatic rings. The summed E-state index contributed by atoms with van der Waals surface area (Å²) in [6.45, 7) is 2.41. The summed E-state index contributed by atoms with van der Waals surface area (Å²) < 4.78 is 29.4. The van der Waals surface area contributed by atoms with Gasteiger partial charge in [0.25, 0.3) is 0 Å². The van der Waals surface area contributed by atoms with Crippen molar-refractivity contribution in [2.45, 2.75) is 32.4 Å². The molecular weight excluding hydrogens is 212 g/mol. The lowest BCUT2D eigenvalue weighted by Gasteiger charge is -2.18. The number of ether oxygens (including phenoxy) is 1. The summed E-state index contributed by atoms with van der Waals surface area (Å²) in [6.07, 6.45) is -3.97. The van der Waals surface area contributed by atoms with E-state index >= 15 is 0 Å². The number of carboxylic acids is 1. The maximum atomic E-state index is 12.8. The fraction of sp³-hybridized carbons (Fsp3) is 0.750. The molecule has 7 heteroatoms. The van der Waals surface area contributed by atoms with Gasteiger partial charge in [0.05, 0.1) is 6.61 Å². The van der Waals surface area contributed by atoms with Gasteiger partial charge in [-0.2, -0.15) is 8.78 Å². The maximum Gasteiger partial charge on any atom is 0.436 e. The van der Waals surface area contributed by atoms with Crippen molar-refractivity contribution in [3.8, 4) is 0 Å². The van der Waals surface area contributed by atoms with E-state index in [0.717, 1.165) is 0 Å². The Kier molecular flexibility index (Phi) is 5.13. The zero-order chi connectivity index (χ0) is 12.1. The van der Waals surface area contributed by atoms with E-state index < -0.39 is 24.0 Å². The van der Waals surface area contributed by atoms with Gasteiger partial charge in [-0.25, -0.2) is 4.79 Å². The highest BCUT2D eigenvalue weighted by Gasteiger charge is 2.41. The summed E-state index contributed by atoms with van der Waals surface area (Å²) in [5, 5.41) is 10.2. The summed E-state index contributed by atoms with van der Waals surface area (Å²) in [4.78, 5) is 21.3. The van der Waals surface area contributed by atoms with Crippen LogP contribution in [0.1, 0.15) is 20.3 Å². The molecule has 0 aromatic heterocycles. The molecule has 0 radical (unpaired) electrons. The van der Waals surface area contributed by atoms with Crippen molar-refractivity contribution >= 4 is 11.9 Å². The van der Waals surface area contributed by atoms with E-state index in [2.05, 4.69) is 4.74 Å². The van der Waals surface area contributed by atoms with E-state index in [0.29, 0.717) is 0 Å². The number of rotatable bonds is 6. The van der Waals surface area contributed by atoms with Crippen molar-refractivity contribution in [2.24, 2.45) is 0 Å². The molecule has 0 bridgehead atoms. The molecule has 0 aromatic carbocycles. The Morgan fingerprint density at radius 1 is 1.47 bits per heavy atom. The monoisotopic (exact) mass is 225 g/mol. The highest BCUT2D eigenvalue weighted by molar-refractivity contribution is 5.86. The third-order valence-electron chi connectivity index (χ3n) is 1.60. The van der Waals surface area contributed by atoms with Gasteiger partial charge in [0, 0.05) is 0 Å². The van der Waals surface area contributed by atoms with Gasteiger partial charge in [-0.05, 0) is 13.3 Å². The number of alkyl halides is 2. The first-order valence-electron chi connectivity index (χ1n) is 4.40. The number of aliphatic carboxylic acids is 1. The first-order valence-corrected chi connectivity index (χ1v) is 4.40. The van der Waals surface area contributed by atoms with E-state index in [1.54, 1.807) is 5.32 Å². The summed E-state index contributed by atoms with van der Waals surface area (Å²) in [6, 6.07) is -1.33. The SMILES string of the molecule is CCOC(F)(F)C(=O)NC(CC)C(=O)O. The molecule has 0 aliphatic carbocycles. The minimum Gasteiger partial charge on any atom is -0.480 e. The van der Waals surface area contributed by atoms with Crippen LogP contribution in [0.15, 0.2) is 0 Å². The Morgan fingerprint density at radius 2 is 2.00 bits per heavy atom. The minimum absolute atomic E-state index is 0.0171. The topological polar surface area (TPSA) is 75.6 Å². The van der Waals surface area contributed by atoms with Gasteiger partial charge in [-0.15, -0.1) is 0 Å². The standard InChI is InChI=1S/C8H13F2NO4/c1-3-5(6(12)13)11-7(14)8(9,10)15-4-2/h5H,3-4H2,1-2H3,(H,11,14)(H,12,13). The fourth-order valence-electron chi connectivity index (χ4n) is 0.828. The molecular formula is C8H13F2NO4. The largest absolute Gasteiger partial charge is 0.480 e. The molecule has 1 atom stereocenters. The van der Waals surface area contributed by atoms with Crippen LogP contribution in [0.5, 0.6) is 0 Å². The molecule has 0 saturated carbocycles. The van der Waals surface area contributed by atoms with Gasteiger partial charge in [0.2, 0.25) is 0 Å². The lowest BCUT2D eigenvalue weighted by Crippen LogP contribution is -2.49. The van der Waals surface area contributed by atoms with Crippen molar-refractivity contribution < 1.29 is 28.2 Å². The molecule has 5 nitrogen and oxygen atoms in total. The Balaban J connectivity index is 4.40. The second-order valence-corrected chi connectivity index (χ2v) is 2.72. The molecule has 1 amide bonds. The molecule has 15 heavy (non-hydrogen) atoms. The number of hydrogen-bond donors (Lipinski definition) is 2. The zero-order valence-corrected chi connectivity index (χ0v) is 8.42. The molecule has 1 unspecified atom stereocenters. The van der Waals surface area contributed by atoms with Crippen molar-refractivity contribution in [2.75, 3.05) is 6.61 Å². The van der Waals surface area contributed by atoms with Crippen LogP contribution in [0.4, 0.5) is 8.78 Å². The summed E-state index contributed by atoms with van der Waals surface area (Å²) in [7, 11) is 0. The second kappa shape index (κ2) is 5.59. The first-order chi connectivity index (χ1) is 6.85. The predicted octanol–water partition coefficient (Wildman–Crippen LogP) is 0.595. The minimum atomic E-state index is -3.99. The molecule has 0 heterocycles. The number of carbonyl (C=O) groups excluding carboxylic acids is 1. The van der Waals surface area contributed by atoms with Crippen LogP contribution in [0.3, 0.4) is 0 Å². The van der Waals surface area contributed by atoms with Crippen LogP contribution in [0.25, 0.3) is 0 Å². The van der Waals surface area contributed by atoms with E-state index in [-0.39, 0.29) is 13.0 Å². The smallest absolute Gasteiger partial charge is 0.436 e. The van der Waals surface area contributed by atoms with Crippen molar-refractivity contribution in [3.05, 3.63) is 0 Å². The molecule has 88 valence electrons. The quantitative estimate of drug-likeness (QED) is 0.693. The Morgan fingerprint density at radius 3 is 2.33 bits per heavy atom. The molecule has 0 fully saturated rings. The average Bonchev–Trinajstić information content (AvgIpc) is 2.12. The molecule has 2 N–H and O–H groups in total. The Bertz CT molecular complexity index is 245. The number of amides is 1. The predicted molar refractivity (Wildman–Crippen MR) is 46.4 cm³/mol. The lowest BCUT2D eigenvalue weighted by atomic mass is 10.2. The van der Waals surface area contributed by atoms with Crippen LogP contribution in [-0.2, 0) is 14.3 Å². The van der Waals surface area contributed by atoms with Crippen molar-refractivity contribution in [1.29, 1.82) is 0 Å². The summed E-state index contributed by atoms with van der Waals surface area (Å²) in [5.74, 6) is -3.10. The van der Waals surface area contributed by atoms with Crippen molar-refractivity contribution in [1.82, 2.24) is 5.32 Å². The van der Waals surface area contributed by atoms with Crippen LogP contribution in [0, 0.1) is 0 Å². The number of carbonyl (C=O) groups is 2. The van der Waals surface area contributed by atoms with Gasteiger partial charge in [0.15, 0.2) is 0 Å². The van der Waals surface area contributed by atoms with Gasteiger partial charge < -0.3 is 15.2 Å². The molecule has 0 saturated heterocycles. The Labute approximate surface area is 85.4 Å². The highest BCUT2D eigenvalue weighted by Crippen LogP contribution is 2.15. The number of carboxylic acid groups (broad SMARTS) is 1. The highest BCUT2D eigenvalue weighted by atomic mass is 19.3. The van der Waals surface area contributed by atoms with E-state index in [4.69, 9.17) is 5.11 Å². The molecule has 0 spiro atoms. The third-order valence-corrected chi connectivity index (χ3v) is 1.60. The van der Waals surface area contributed by atoms with E-state index in [1.807, 2.05) is 0 Å². The normalized spacial score (nSPS) is 13.3. The van der Waals surface area contributed by atoms with Crippen LogP contribution < -0.4 is 5.32 Å². The van der Waals surface area contributed by atoms with Crippen LogP contribution >= 0.6 is 0 Å². The summed E-state index contributed by atoms with van der Waals surface area (Å²) >= 11 is 0. The van der Waals surface area contributed by atoms with Crippen LogP contribution in [0.2, 0.25) is 0 Å². The number of nitrogens with one attached hydrogen (secondary N) is 1. The first kappa shape index (κ1) is 13.8. The van der Waals surface area contributed by atoms with E-state index in [9.17, 15) is 18.4 Å². The van der Waals surface area contributed by atoms with Gasteiger partial charge in [-0.3, -0.25) is 4.79 Å². The molecule has 0 aliphatic rings. The maximum absolute atomic E-state index is 12.8.